The third-order valence-corrected chi connectivity index (χ3v) is 3.45. The molecule has 2 rings (SSSR count). The summed E-state index contributed by atoms with van der Waals surface area (Å²) in [6, 6.07) is 5.16. The number of rotatable bonds is 4. The Hall–Kier alpha value is -1.56. The Bertz CT molecular complexity index is 476. The average Bonchev–Trinajstić information content (AvgIpc) is 2.77. The topological polar surface area (TPSA) is 41.1 Å². The maximum atomic E-state index is 13.0. The average molecular weight is 286 g/mol. The summed E-state index contributed by atoms with van der Waals surface area (Å²) in [4.78, 5) is 11.8. The van der Waals surface area contributed by atoms with E-state index in [1.165, 1.54) is 12.1 Å². The highest BCUT2D eigenvalue weighted by atomic mass is 19.3. The van der Waals surface area contributed by atoms with E-state index < -0.39 is 30.8 Å². The fourth-order valence-corrected chi connectivity index (χ4v) is 2.19. The van der Waals surface area contributed by atoms with E-state index in [2.05, 4.69) is 10.6 Å². The lowest BCUT2D eigenvalue weighted by Gasteiger charge is -2.15. The lowest BCUT2D eigenvalue weighted by molar-refractivity contribution is -0.123. The maximum Gasteiger partial charge on any atom is 0.262 e. The largest absolute Gasteiger partial charge is 0.354 e. The SMILES string of the molecule is CC(CNC(=O)C1CC(F)(F)CN1)c1ccc(F)cc1. The second-order valence-corrected chi connectivity index (χ2v) is 5.19. The summed E-state index contributed by atoms with van der Waals surface area (Å²) in [5.41, 5.74) is 0.886. The molecule has 1 heterocycles. The van der Waals surface area contributed by atoms with E-state index in [1.54, 1.807) is 12.1 Å². The van der Waals surface area contributed by atoms with Crippen molar-refractivity contribution in [2.24, 2.45) is 0 Å². The number of carbonyl (C=O) groups is 1. The van der Waals surface area contributed by atoms with Gasteiger partial charge in [-0.05, 0) is 23.6 Å². The molecule has 2 unspecified atom stereocenters. The zero-order valence-corrected chi connectivity index (χ0v) is 11.1. The quantitative estimate of drug-likeness (QED) is 0.889. The Balaban J connectivity index is 1.83. The Morgan fingerprint density at radius 1 is 1.45 bits per heavy atom. The van der Waals surface area contributed by atoms with E-state index >= 15 is 0 Å². The van der Waals surface area contributed by atoms with E-state index in [0.717, 1.165) is 5.56 Å². The molecular weight excluding hydrogens is 269 g/mol. The lowest BCUT2D eigenvalue weighted by Crippen LogP contribution is -2.41. The summed E-state index contributed by atoms with van der Waals surface area (Å²) < 4.78 is 38.7. The van der Waals surface area contributed by atoms with Gasteiger partial charge in [-0.3, -0.25) is 10.1 Å². The summed E-state index contributed by atoms with van der Waals surface area (Å²) in [6.07, 6.45) is -0.468. The molecule has 1 aliphatic heterocycles. The molecule has 1 fully saturated rings. The third-order valence-electron chi connectivity index (χ3n) is 3.45. The van der Waals surface area contributed by atoms with Gasteiger partial charge in [0, 0.05) is 13.0 Å². The standard InChI is InChI=1S/C14H17F3N2O/c1-9(10-2-4-11(15)5-3-10)7-18-13(20)12-6-14(16,17)8-19-12/h2-5,9,12,19H,6-8H2,1H3,(H,18,20). The lowest BCUT2D eigenvalue weighted by atomic mass is 10.0. The minimum Gasteiger partial charge on any atom is -0.354 e. The molecular formula is C14H17F3N2O. The molecule has 0 radical (unpaired) electrons. The van der Waals surface area contributed by atoms with Crippen molar-refractivity contribution in [1.29, 1.82) is 0 Å². The summed E-state index contributed by atoms with van der Waals surface area (Å²) in [7, 11) is 0. The number of nitrogens with one attached hydrogen (secondary N) is 2. The first-order valence-corrected chi connectivity index (χ1v) is 6.52. The molecule has 3 nitrogen and oxygen atoms in total. The Kier molecular flexibility index (Phi) is 4.32. The van der Waals surface area contributed by atoms with Crippen molar-refractivity contribution >= 4 is 5.91 Å². The normalized spacial score (nSPS) is 22.5. The molecule has 110 valence electrons. The van der Waals surface area contributed by atoms with Crippen LogP contribution < -0.4 is 10.6 Å². The van der Waals surface area contributed by atoms with Gasteiger partial charge in [-0.2, -0.15) is 0 Å². The molecule has 0 bridgehead atoms. The van der Waals surface area contributed by atoms with Crippen LogP contribution in [0.2, 0.25) is 0 Å². The van der Waals surface area contributed by atoms with Crippen LogP contribution in [0.1, 0.15) is 24.8 Å². The van der Waals surface area contributed by atoms with Crippen LogP contribution in [-0.4, -0.2) is 31.0 Å². The fourth-order valence-electron chi connectivity index (χ4n) is 2.19. The summed E-state index contributed by atoms with van der Waals surface area (Å²) in [6.45, 7) is 1.75. The van der Waals surface area contributed by atoms with Crippen LogP contribution in [0.4, 0.5) is 13.2 Å². The molecule has 0 spiro atoms. The number of benzene rings is 1. The molecule has 2 atom stereocenters. The van der Waals surface area contributed by atoms with Gasteiger partial charge in [-0.1, -0.05) is 19.1 Å². The van der Waals surface area contributed by atoms with Crippen molar-refractivity contribution in [1.82, 2.24) is 10.6 Å². The fraction of sp³-hybridized carbons (Fsp3) is 0.500. The molecule has 0 aromatic heterocycles. The van der Waals surface area contributed by atoms with Crippen LogP contribution in [0, 0.1) is 5.82 Å². The van der Waals surface area contributed by atoms with E-state index in [4.69, 9.17) is 0 Å². The molecule has 6 heteroatoms. The van der Waals surface area contributed by atoms with Crippen LogP contribution in [-0.2, 0) is 4.79 Å². The van der Waals surface area contributed by atoms with Gasteiger partial charge in [-0.25, -0.2) is 13.2 Å². The van der Waals surface area contributed by atoms with Gasteiger partial charge in [-0.15, -0.1) is 0 Å². The van der Waals surface area contributed by atoms with E-state index in [1.807, 2.05) is 6.92 Å². The highest BCUT2D eigenvalue weighted by Gasteiger charge is 2.42. The van der Waals surface area contributed by atoms with Gasteiger partial charge in [0.2, 0.25) is 5.91 Å². The minimum atomic E-state index is -2.81. The minimum absolute atomic E-state index is 0.0125. The van der Waals surface area contributed by atoms with Crippen molar-refractivity contribution in [3.05, 3.63) is 35.6 Å². The molecule has 0 saturated carbocycles. The third kappa shape index (κ3) is 3.72. The molecule has 2 N–H and O–H groups in total. The van der Waals surface area contributed by atoms with E-state index in [0.29, 0.717) is 6.54 Å². The predicted octanol–water partition coefficient (Wildman–Crippen LogP) is 2.04. The van der Waals surface area contributed by atoms with Crippen molar-refractivity contribution in [3.8, 4) is 0 Å². The van der Waals surface area contributed by atoms with Crippen LogP contribution >= 0.6 is 0 Å². The molecule has 20 heavy (non-hydrogen) atoms. The zero-order chi connectivity index (χ0) is 14.8. The summed E-state index contributed by atoms with van der Waals surface area (Å²) in [5.74, 6) is -3.56. The first kappa shape index (κ1) is 14.8. The smallest absolute Gasteiger partial charge is 0.262 e. The molecule has 1 aliphatic rings. The second kappa shape index (κ2) is 5.83. The number of halogens is 3. The Morgan fingerprint density at radius 2 is 2.10 bits per heavy atom. The molecule has 1 amide bonds. The van der Waals surface area contributed by atoms with Gasteiger partial charge < -0.3 is 5.32 Å². The molecule has 1 saturated heterocycles. The summed E-state index contributed by atoms with van der Waals surface area (Å²) >= 11 is 0. The Labute approximate surface area is 115 Å². The van der Waals surface area contributed by atoms with Crippen LogP contribution in [0.3, 0.4) is 0 Å². The maximum absolute atomic E-state index is 13.0. The number of alkyl halides is 2. The number of hydrogen-bond acceptors (Lipinski definition) is 2. The van der Waals surface area contributed by atoms with Crippen molar-refractivity contribution in [3.63, 3.8) is 0 Å². The van der Waals surface area contributed by atoms with E-state index in [9.17, 15) is 18.0 Å². The van der Waals surface area contributed by atoms with E-state index in [-0.39, 0.29) is 11.7 Å². The van der Waals surface area contributed by atoms with Crippen LogP contribution in [0.15, 0.2) is 24.3 Å². The second-order valence-electron chi connectivity index (χ2n) is 5.19. The molecule has 0 aliphatic carbocycles. The highest BCUT2D eigenvalue weighted by Crippen LogP contribution is 2.25. The highest BCUT2D eigenvalue weighted by molar-refractivity contribution is 5.82. The van der Waals surface area contributed by atoms with Gasteiger partial charge in [0.25, 0.3) is 5.92 Å². The first-order valence-electron chi connectivity index (χ1n) is 6.52. The molecule has 1 aromatic carbocycles. The van der Waals surface area contributed by atoms with Gasteiger partial charge in [0.1, 0.15) is 5.82 Å². The predicted molar refractivity (Wildman–Crippen MR) is 69.2 cm³/mol. The number of hydrogen-bond donors (Lipinski definition) is 2. The molecule has 1 aromatic rings. The van der Waals surface area contributed by atoms with Crippen molar-refractivity contribution in [2.45, 2.75) is 31.2 Å². The first-order chi connectivity index (χ1) is 9.37. The zero-order valence-electron chi connectivity index (χ0n) is 11.1. The van der Waals surface area contributed by atoms with Gasteiger partial charge >= 0.3 is 0 Å². The Morgan fingerprint density at radius 3 is 2.65 bits per heavy atom. The summed E-state index contributed by atoms with van der Waals surface area (Å²) in [5, 5.41) is 5.15. The van der Waals surface area contributed by atoms with Crippen molar-refractivity contribution in [2.75, 3.05) is 13.1 Å². The number of carbonyl (C=O) groups excluding carboxylic acids is 1. The monoisotopic (exact) mass is 286 g/mol. The van der Waals surface area contributed by atoms with Crippen molar-refractivity contribution < 1.29 is 18.0 Å². The number of amides is 1. The van der Waals surface area contributed by atoms with Gasteiger partial charge in [0.15, 0.2) is 0 Å². The van der Waals surface area contributed by atoms with Gasteiger partial charge in [0.05, 0.1) is 12.6 Å². The van der Waals surface area contributed by atoms with Crippen LogP contribution in [0.5, 0.6) is 0 Å². The van der Waals surface area contributed by atoms with Crippen LogP contribution in [0.25, 0.3) is 0 Å².